The second-order valence-corrected chi connectivity index (χ2v) is 5.30. The lowest BCUT2D eigenvalue weighted by molar-refractivity contribution is -0.119. The second-order valence-electron chi connectivity index (χ2n) is 4.35. The van der Waals surface area contributed by atoms with Gasteiger partial charge in [0, 0.05) is 7.05 Å². The van der Waals surface area contributed by atoms with Crippen LogP contribution < -0.4 is 5.32 Å². The van der Waals surface area contributed by atoms with Crippen molar-refractivity contribution in [2.24, 2.45) is 7.05 Å². The molecule has 0 saturated heterocycles. The molecule has 0 aliphatic heterocycles. The molecule has 0 aliphatic carbocycles. The van der Waals surface area contributed by atoms with Crippen molar-refractivity contribution in [3.8, 4) is 0 Å². The van der Waals surface area contributed by atoms with E-state index in [1.807, 2.05) is 14.0 Å². The molecule has 106 valence electrons. The van der Waals surface area contributed by atoms with Gasteiger partial charge < -0.3 is 9.88 Å². The highest BCUT2D eigenvalue weighted by Gasteiger charge is 2.11. The number of hydrogen-bond donors (Lipinski definition) is 1. The fourth-order valence-corrected chi connectivity index (χ4v) is 2.35. The van der Waals surface area contributed by atoms with Crippen molar-refractivity contribution >= 4 is 17.7 Å². The van der Waals surface area contributed by atoms with E-state index in [0.717, 1.165) is 5.56 Å². The minimum absolute atomic E-state index is 0.102. The average Bonchev–Trinajstić information content (AvgIpc) is 2.82. The first-order valence-electron chi connectivity index (χ1n) is 6.08. The number of thioether (sulfide) groups is 1. The molecule has 0 radical (unpaired) electrons. The third kappa shape index (κ3) is 3.80. The molecule has 1 aromatic carbocycles. The fraction of sp³-hybridized carbons (Fsp3) is 0.308. The SMILES string of the molecule is C[C@H](NC(=O)CSc1nncn1C)c1ccc(F)cc1. The van der Waals surface area contributed by atoms with Crippen LogP contribution >= 0.6 is 11.8 Å². The van der Waals surface area contributed by atoms with Crippen LogP contribution in [0.5, 0.6) is 0 Å². The molecule has 0 bridgehead atoms. The van der Waals surface area contributed by atoms with E-state index in [-0.39, 0.29) is 23.5 Å². The van der Waals surface area contributed by atoms with E-state index in [2.05, 4.69) is 15.5 Å². The van der Waals surface area contributed by atoms with Crippen molar-refractivity contribution in [1.82, 2.24) is 20.1 Å². The summed E-state index contributed by atoms with van der Waals surface area (Å²) >= 11 is 1.32. The number of aryl methyl sites for hydroxylation is 1. The molecule has 0 aliphatic rings. The zero-order chi connectivity index (χ0) is 14.5. The van der Waals surface area contributed by atoms with Crippen molar-refractivity contribution in [1.29, 1.82) is 0 Å². The summed E-state index contributed by atoms with van der Waals surface area (Å²) in [5.41, 5.74) is 0.864. The number of rotatable bonds is 5. The van der Waals surface area contributed by atoms with E-state index in [1.165, 1.54) is 23.9 Å². The van der Waals surface area contributed by atoms with Crippen LogP contribution in [-0.2, 0) is 11.8 Å². The zero-order valence-electron chi connectivity index (χ0n) is 11.2. The van der Waals surface area contributed by atoms with Crippen LogP contribution in [0.4, 0.5) is 4.39 Å². The smallest absolute Gasteiger partial charge is 0.230 e. The number of nitrogens with one attached hydrogen (secondary N) is 1. The first-order chi connectivity index (χ1) is 9.56. The van der Waals surface area contributed by atoms with Gasteiger partial charge in [-0.25, -0.2) is 4.39 Å². The Morgan fingerprint density at radius 2 is 2.15 bits per heavy atom. The number of benzene rings is 1. The predicted octanol–water partition coefficient (Wildman–Crippen LogP) is 1.92. The summed E-state index contributed by atoms with van der Waals surface area (Å²) in [6, 6.07) is 5.92. The highest BCUT2D eigenvalue weighted by Crippen LogP contribution is 2.15. The van der Waals surface area contributed by atoms with Crippen LogP contribution in [0.3, 0.4) is 0 Å². The molecule has 2 rings (SSSR count). The standard InChI is InChI=1S/C13H15FN4OS/c1-9(10-3-5-11(14)6-4-10)16-12(19)7-20-13-17-15-8-18(13)2/h3-6,8-9H,7H2,1-2H3,(H,16,19)/t9-/m0/s1. The summed E-state index contributed by atoms with van der Waals surface area (Å²) < 4.78 is 14.6. The van der Waals surface area contributed by atoms with Gasteiger partial charge in [0.15, 0.2) is 5.16 Å². The molecule has 0 spiro atoms. The van der Waals surface area contributed by atoms with Crippen molar-refractivity contribution in [2.45, 2.75) is 18.1 Å². The van der Waals surface area contributed by atoms with Gasteiger partial charge in [-0.1, -0.05) is 23.9 Å². The minimum atomic E-state index is -0.287. The first kappa shape index (κ1) is 14.5. The molecular formula is C13H15FN4OS. The van der Waals surface area contributed by atoms with Crippen molar-refractivity contribution in [2.75, 3.05) is 5.75 Å². The molecule has 5 nitrogen and oxygen atoms in total. The number of aromatic nitrogens is 3. The van der Waals surface area contributed by atoms with Gasteiger partial charge in [-0.15, -0.1) is 10.2 Å². The summed E-state index contributed by atoms with van der Waals surface area (Å²) in [5, 5.41) is 11.2. The van der Waals surface area contributed by atoms with Gasteiger partial charge in [-0.3, -0.25) is 4.79 Å². The van der Waals surface area contributed by atoms with Crippen molar-refractivity contribution < 1.29 is 9.18 Å². The van der Waals surface area contributed by atoms with Crippen LogP contribution in [0.15, 0.2) is 35.7 Å². The maximum Gasteiger partial charge on any atom is 0.230 e. The van der Waals surface area contributed by atoms with Gasteiger partial charge in [0.25, 0.3) is 0 Å². The largest absolute Gasteiger partial charge is 0.349 e. The second kappa shape index (κ2) is 6.51. The van der Waals surface area contributed by atoms with Gasteiger partial charge in [0.05, 0.1) is 11.8 Å². The number of halogens is 1. The van der Waals surface area contributed by atoms with E-state index >= 15 is 0 Å². The Labute approximate surface area is 120 Å². The molecule has 1 amide bonds. The summed E-state index contributed by atoms with van der Waals surface area (Å²) in [6.07, 6.45) is 1.58. The Morgan fingerprint density at radius 3 is 2.75 bits per heavy atom. The average molecular weight is 294 g/mol. The lowest BCUT2D eigenvalue weighted by Crippen LogP contribution is -2.28. The quantitative estimate of drug-likeness (QED) is 0.856. The van der Waals surface area contributed by atoms with Crippen LogP contribution in [0.2, 0.25) is 0 Å². The Hall–Kier alpha value is -1.89. The van der Waals surface area contributed by atoms with Crippen LogP contribution in [0.1, 0.15) is 18.5 Å². The van der Waals surface area contributed by atoms with E-state index < -0.39 is 0 Å². The van der Waals surface area contributed by atoms with Gasteiger partial charge >= 0.3 is 0 Å². The number of amides is 1. The summed E-state index contributed by atoms with van der Waals surface area (Å²) in [6.45, 7) is 1.86. The Morgan fingerprint density at radius 1 is 1.45 bits per heavy atom. The highest BCUT2D eigenvalue weighted by molar-refractivity contribution is 7.99. The number of nitrogens with zero attached hydrogens (tertiary/aromatic N) is 3. The van der Waals surface area contributed by atoms with E-state index in [4.69, 9.17) is 0 Å². The molecule has 0 fully saturated rings. The summed E-state index contributed by atoms with van der Waals surface area (Å²) in [4.78, 5) is 11.8. The Balaban J connectivity index is 1.85. The predicted molar refractivity (Wildman–Crippen MR) is 74.7 cm³/mol. The maximum absolute atomic E-state index is 12.8. The Bertz CT molecular complexity index is 584. The molecule has 1 heterocycles. The van der Waals surface area contributed by atoms with Gasteiger partial charge in [-0.2, -0.15) is 0 Å². The molecule has 0 saturated carbocycles. The number of hydrogen-bond acceptors (Lipinski definition) is 4. The van der Waals surface area contributed by atoms with Gasteiger partial charge in [0.1, 0.15) is 12.1 Å². The molecule has 0 unspecified atom stereocenters. The van der Waals surface area contributed by atoms with Gasteiger partial charge in [0.2, 0.25) is 5.91 Å². The third-order valence-electron chi connectivity index (χ3n) is 2.75. The topological polar surface area (TPSA) is 59.8 Å². The Kier molecular flexibility index (Phi) is 4.73. The highest BCUT2D eigenvalue weighted by atomic mass is 32.2. The molecule has 1 atom stereocenters. The van der Waals surface area contributed by atoms with E-state index in [9.17, 15) is 9.18 Å². The maximum atomic E-state index is 12.8. The molecular weight excluding hydrogens is 279 g/mol. The normalized spacial score (nSPS) is 12.2. The fourth-order valence-electron chi connectivity index (χ4n) is 1.65. The molecule has 7 heteroatoms. The van der Waals surface area contributed by atoms with Crippen molar-refractivity contribution in [3.05, 3.63) is 42.0 Å². The molecule has 1 N–H and O–H groups in total. The summed E-state index contributed by atoms with van der Waals surface area (Å²) in [5.74, 6) is -0.127. The molecule has 2 aromatic rings. The summed E-state index contributed by atoms with van der Waals surface area (Å²) in [7, 11) is 1.82. The third-order valence-corrected chi connectivity index (χ3v) is 3.78. The van der Waals surface area contributed by atoms with Crippen LogP contribution in [0.25, 0.3) is 0 Å². The number of carbonyl (C=O) groups is 1. The first-order valence-corrected chi connectivity index (χ1v) is 7.06. The van der Waals surface area contributed by atoms with Crippen LogP contribution in [-0.4, -0.2) is 26.4 Å². The van der Waals surface area contributed by atoms with Gasteiger partial charge in [-0.05, 0) is 24.6 Å². The molecule has 1 aromatic heterocycles. The monoisotopic (exact) mass is 294 g/mol. The van der Waals surface area contributed by atoms with E-state index in [1.54, 1.807) is 23.0 Å². The van der Waals surface area contributed by atoms with Crippen LogP contribution in [0, 0.1) is 5.82 Å². The molecule has 20 heavy (non-hydrogen) atoms. The lowest BCUT2D eigenvalue weighted by Gasteiger charge is -2.14. The van der Waals surface area contributed by atoms with E-state index in [0.29, 0.717) is 5.16 Å². The number of carbonyl (C=O) groups excluding carboxylic acids is 1. The van der Waals surface area contributed by atoms with Crippen molar-refractivity contribution in [3.63, 3.8) is 0 Å². The lowest BCUT2D eigenvalue weighted by atomic mass is 10.1. The zero-order valence-corrected chi connectivity index (χ0v) is 12.0. The minimum Gasteiger partial charge on any atom is -0.349 e.